The molecule has 5 nitrogen and oxygen atoms in total. The van der Waals surface area contributed by atoms with Gasteiger partial charge in [0.25, 0.3) is 0 Å². The Morgan fingerprint density at radius 1 is 1.24 bits per heavy atom. The summed E-state index contributed by atoms with van der Waals surface area (Å²) in [5, 5.41) is 13.4. The molecule has 1 amide bonds. The third kappa shape index (κ3) is 4.39. The zero-order chi connectivity index (χ0) is 15.4. The fourth-order valence-electron chi connectivity index (χ4n) is 1.86. The molecule has 0 unspecified atom stereocenters. The van der Waals surface area contributed by atoms with Gasteiger partial charge in [0.05, 0.1) is 18.5 Å². The number of thiazole rings is 1. The van der Waals surface area contributed by atoms with Gasteiger partial charge in [0.1, 0.15) is 0 Å². The van der Waals surface area contributed by atoms with E-state index in [1.807, 2.05) is 32.0 Å². The topological polar surface area (TPSA) is 79.3 Å². The summed E-state index contributed by atoms with van der Waals surface area (Å²) in [5.74, 6) is -1.09. The van der Waals surface area contributed by atoms with E-state index < -0.39 is 5.97 Å². The summed E-state index contributed by atoms with van der Waals surface area (Å²) in [4.78, 5) is 26.6. The van der Waals surface area contributed by atoms with Gasteiger partial charge in [-0.2, -0.15) is 0 Å². The van der Waals surface area contributed by atoms with E-state index in [4.69, 9.17) is 5.11 Å². The van der Waals surface area contributed by atoms with Gasteiger partial charge in [-0.25, -0.2) is 4.98 Å². The first-order chi connectivity index (χ1) is 9.94. The van der Waals surface area contributed by atoms with Crippen molar-refractivity contribution in [2.24, 2.45) is 0 Å². The predicted molar refractivity (Wildman–Crippen MR) is 81.7 cm³/mol. The standard InChI is InChI=1S/C15H16N2O3S/c1-9-3-4-11(5-10(9)2)6-13(18)17-15-16-12(8-21-15)7-14(19)20/h3-5,8H,6-7H2,1-2H3,(H,19,20)(H,16,17,18). The molecule has 2 aromatic rings. The molecule has 21 heavy (non-hydrogen) atoms. The van der Waals surface area contributed by atoms with Crippen LogP contribution in [0.15, 0.2) is 23.6 Å². The van der Waals surface area contributed by atoms with Crippen LogP contribution in [0, 0.1) is 13.8 Å². The van der Waals surface area contributed by atoms with Crippen LogP contribution in [0.5, 0.6) is 0 Å². The van der Waals surface area contributed by atoms with Crippen LogP contribution in [-0.2, 0) is 22.4 Å². The molecule has 0 fully saturated rings. The van der Waals surface area contributed by atoms with Gasteiger partial charge >= 0.3 is 5.97 Å². The summed E-state index contributed by atoms with van der Waals surface area (Å²) in [6.07, 6.45) is 0.137. The number of benzene rings is 1. The summed E-state index contributed by atoms with van der Waals surface area (Å²) in [5.41, 5.74) is 3.74. The molecule has 1 aromatic heterocycles. The first-order valence-corrected chi connectivity index (χ1v) is 7.34. The molecule has 0 aliphatic heterocycles. The van der Waals surface area contributed by atoms with Crippen molar-refractivity contribution in [3.8, 4) is 0 Å². The molecule has 110 valence electrons. The molecule has 0 atom stereocenters. The van der Waals surface area contributed by atoms with E-state index >= 15 is 0 Å². The fraction of sp³-hybridized carbons (Fsp3) is 0.267. The van der Waals surface area contributed by atoms with Crippen LogP contribution < -0.4 is 5.32 Å². The highest BCUT2D eigenvalue weighted by atomic mass is 32.1. The highest BCUT2D eigenvalue weighted by Gasteiger charge is 2.10. The summed E-state index contributed by atoms with van der Waals surface area (Å²) in [6, 6.07) is 5.92. The van der Waals surface area contributed by atoms with E-state index in [1.54, 1.807) is 5.38 Å². The molecule has 0 saturated heterocycles. The zero-order valence-electron chi connectivity index (χ0n) is 11.8. The lowest BCUT2D eigenvalue weighted by molar-refractivity contribution is -0.136. The minimum atomic E-state index is -0.937. The Hall–Kier alpha value is -2.21. The minimum absolute atomic E-state index is 0.135. The Morgan fingerprint density at radius 3 is 2.67 bits per heavy atom. The fourth-order valence-corrected chi connectivity index (χ4v) is 2.59. The number of carbonyl (C=O) groups excluding carboxylic acids is 1. The second-order valence-electron chi connectivity index (χ2n) is 4.86. The normalized spacial score (nSPS) is 10.4. The molecule has 0 saturated carbocycles. The SMILES string of the molecule is Cc1ccc(CC(=O)Nc2nc(CC(=O)O)cs2)cc1C. The molecule has 6 heteroatoms. The molecule has 2 N–H and O–H groups in total. The van der Waals surface area contributed by atoms with E-state index in [9.17, 15) is 9.59 Å². The Morgan fingerprint density at radius 2 is 2.00 bits per heavy atom. The van der Waals surface area contributed by atoms with Crippen molar-refractivity contribution < 1.29 is 14.7 Å². The smallest absolute Gasteiger partial charge is 0.309 e. The van der Waals surface area contributed by atoms with E-state index in [1.165, 1.54) is 16.9 Å². The Labute approximate surface area is 126 Å². The molecule has 0 radical (unpaired) electrons. The molecule has 0 aliphatic carbocycles. The van der Waals surface area contributed by atoms with E-state index in [-0.39, 0.29) is 18.7 Å². The van der Waals surface area contributed by atoms with Crippen molar-refractivity contribution in [1.29, 1.82) is 0 Å². The molecule has 1 aromatic carbocycles. The third-order valence-electron chi connectivity index (χ3n) is 3.07. The average molecular weight is 304 g/mol. The summed E-state index contributed by atoms with van der Waals surface area (Å²) < 4.78 is 0. The minimum Gasteiger partial charge on any atom is -0.481 e. The lowest BCUT2D eigenvalue weighted by atomic mass is 10.0. The number of anilines is 1. The zero-order valence-corrected chi connectivity index (χ0v) is 12.7. The average Bonchev–Trinajstić information content (AvgIpc) is 2.80. The first-order valence-electron chi connectivity index (χ1n) is 6.46. The first kappa shape index (κ1) is 15.2. The lowest BCUT2D eigenvalue weighted by Crippen LogP contribution is -2.14. The maximum Gasteiger partial charge on any atom is 0.309 e. The highest BCUT2D eigenvalue weighted by Crippen LogP contribution is 2.17. The van der Waals surface area contributed by atoms with Crippen LogP contribution in [0.2, 0.25) is 0 Å². The Balaban J connectivity index is 1.96. The molecule has 1 heterocycles. The summed E-state index contributed by atoms with van der Waals surface area (Å²) >= 11 is 1.23. The number of nitrogens with one attached hydrogen (secondary N) is 1. The maximum absolute atomic E-state index is 11.9. The number of hydrogen-bond acceptors (Lipinski definition) is 4. The Kier molecular flexibility index (Phi) is 4.70. The summed E-state index contributed by atoms with van der Waals surface area (Å²) in [7, 11) is 0. The van der Waals surface area contributed by atoms with Crippen LogP contribution >= 0.6 is 11.3 Å². The number of aromatic nitrogens is 1. The Bertz CT molecular complexity index is 679. The second kappa shape index (κ2) is 6.49. The number of amides is 1. The van der Waals surface area contributed by atoms with Crippen molar-refractivity contribution in [3.05, 3.63) is 46.0 Å². The van der Waals surface area contributed by atoms with Crippen LogP contribution in [0.1, 0.15) is 22.4 Å². The van der Waals surface area contributed by atoms with Crippen LogP contribution in [0.25, 0.3) is 0 Å². The largest absolute Gasteiger partial charge is 0.481 e. The van der Waals surface area contributed by atoms with Crippen molar-refractivity contribution in [2.45, 2.75) is 26.7 Å². The van der Waals surface area contributed by atoms with Gasteiger partial charge in [0.15, 0.2) is 5.13 Å². The molecular formula is C15H16N2O3S. The van der Waals surface area contributed by atoms with Crippen molar-refractivity contribution in [3.63, 3.8) is 0 Å². The van der Waals surface area contributed by atoms with Crippen molar-refractivity contribution in [1.82, 2.24) is 4.98 Å². The number of carbonyl (C=O) groups is 2. The maximum atomic E-state index is 11.9. The van der Waals surface area contributed by atoms with Gasteiger partial charge in [-0.3, -0.25) is 9.59 Å². The number of carboxylic acids is 1. The van der Waals surface area contributed by atoms with E-state index in [0.717, 1.165) is 11.1 Å². The van der Waals surface area contributed by atoms with Crippen molar-refractivity contribution in [2.75, 3.05) is 5.32 Å². The number of nitrogens with zero attached hydrogens (tertiary/aromatic N) is 1. The number of hydrogen-bond donors (Lipinski definition) is 2. The number of carboxylic acid groups (broad SMARTS) is 1. The number of aryl methyl sites for hydroxylation is 2. The molecule has 0 bridgehead atoms. The molecule has 2 rings (SSSR count). The lowest BCUT2D eigenvalue weighted by Gasteiger charge is -2.05. The second-order valence-corrected chi connectivity index (χ2v) is 5.72. The van der Waals surface area contributed by atoms with Gasteiger partial charge in [-0.05, 0) is 30.5 Å². The van der Waals surface area contributed by atoms with Gasteiger partial charge in [-0.15, -0.1) is 11.3 Å². The molecule has 0 aliphatic rings. The van der Waals surface area contributed by atoms with Gasteiger partial charge in [-0.1, -0.05) is 18.2 Å². The van der Waals surface area contributed by atoms with Gasteiger partial charge in [0, 0.05) is 5.38 Å². The summed E-state index contributed by atoms with van der Waals surface area (Å²) in [6.45, 7) is 4.04. The third-order valence-corrected chi connectivity index (χ3v) is 3.87. The van der Waals surface area contributed by atoms with Crippen LogP contribution in [-0.4, -0.2) is 22.0 Å². The van der Waals surface area contributed by atoms with E-state index in [0.29, 0.717) is 10.8 Å². The number of aliphatic carboxylic acids is 1. The monoisotopic (exact) mass is 304 g/mol. The van der Waals surface area contributed by atoms with Crippen molar-refractivity contribution >= 4 is 28.3 Å². The van der Waals surface area contributed by atoms with Crippen LogP contribution in [0.4, 0.5) is 5.13 Å². The predicted octanol–water partition coefficient (Wildman–Crippen LogP) is 2.57. The highest BCUT2D eigenvalue weighted by molar-refractivity contribution is 7.13. The number of rotatable bonds is 5. The van der Waals surface area contributed by atoms with Gasteiger partial charge < -0.3 is 10.4 Å². The van der Waals surface area contributed by atoms with Gasteiger partial charge in [0.2, 0.25) is 5.91 Å². The van der Waals surface area contributed by atoms with E-state index in [2.05, 4.69) is 10.3 Å². The van der Waals surface area contributed by atoms with Crippen LogP contribution in [0.3, 0.4) is 0 Å². The molecular weight excluding hydrogens is 288 g/mol. The quantitative estimate of drug-likeness (QED) is 0.889. The molecule has 0 spiro atoms.